The van der Waals surface area contributed by atoms with Crippen molar-refractivity contribution in [2.24, 2.45) is 17.3 Å². The van der Waals surface area contributed by atoms with Crippen LogP contribution in [0.5, 0.6) is 5.75 Å². The van der Waals surface area contributed by atoms with Gasteiger partial charge in [-0.25, -0.2) is 0 Å². The van der Waals surface area contributed by atoms with Gasteiger partial charge in [-0.1, -0.05) is 13.0 Å². The summed E-state index contributed by atoms with van der Waals surface area (Å²) in [5.74, 6) is 1.29. The van der Waals surface area contributed by atoms with Gasteiger partial charge in [0.05, 0.1) is 12.7 Å². The molecule has 0 radical (unpaired) electrons. The number of fused-ring (bicyclic) bond motifs is 3. The van der Waals surface area contributed by atoms with Crippen molar-refractivity contribution < 1.29 is 9.50 Å². The molecule has 1 N–H and O–H groups in total. The normalized spacial score (nSPS) is 34.6. The number of nitrogens with zero attached hydrogens (tertiary/aromatic N) is 1. The maximum atomic E-state index is 13.6. The summed E-state index contributed by atoms with van der Waals surface area (Å²) in [4.78, 5) is 0. The molecule has 2 aliphatic carbocycles. The number of phenols is 1. The van der Waals surface area contributed by atoms with Crippen molar-refractivity contribution >= 4 is 0 Å². The summed E-state index contributed by atoms with van der Waals surface area (Å²) in [6, 6.07) is 7.94. The largest absolute Gasteiger partial charge is 0.508 e. The molecule has 1 saturated carbocycles. The van der Waals surface area contributed by atoms with E-state index >= 15 is 0 Å². The summed E-state index contributed by atoms with van der Waals surface area (Å²) >= 11 is 0. The van der Waals surface area contributed by atoms with E-state index in [-0.39, 0.29) is 18.0 Å². The molecular formula is C18H22FNO. The molecule has 0 bridgehead atoms. The summed E-state index contributed by atoms with van der Waals surface area (Å²) in [6.45, 7) is 1.68. The second-order valence-corrected chi connectivity index (χ2v) is 6.99. The minimum Gasteiger partial charge on any atom is -0.508 e. The lowest BCUT2D eigenvalue weighted by molar-refractivity contribution is 0.0147. The number of hydrogen-bond acceptors (Lipinski definition) is 2. The average molecular weight is 287 g/mol. The Kier molecular flexibility index (Phi) is 3.65. The molecular weight excluding hydrogens is 265 g/mol. The molecule has 112 valence electrons. The van der Waals surface area contributed by atoms with E-state index in [2.05, 4.69) is 6.07 Å². The lowest BCUT2D eigenvalue weighted by Gasteiger charge is -2.50. The summed E-state index contributed by atoms with van der Waals surface area (Å²) in [5, 5.41) is 18.8. The van der Waals surface area contributed by atoms with Gasteiger partial charge in [-0.05, 0) is 66.7 Å². The van der Waals surface area contributed by atoms with Crippen LogP contribution in [0.4, 0.5) is 4.39 Å². The van der Waals surface area contributed by atoms with Crippen molar-refractivity contribution in [3.05, 3.63) is 29.3 Å². The molecule has 1 aromatic rings. The molecule has 0 heterocycles. The fourth-order valence-corrected chi connectivity index (χ4v) is 4.63. The fourth-order valence-electron chi connectivity index (χ4n) is 4.63. The minimum atomic E-state index is -0.342. The topological polar surface area (TPSA) is 44.0 Å². The van der Waals surface area contributed by atoms with E-state index in [9.17, 15) is 9.50 Å². The Hall–Kier alpha value is -1.56. The maximum Gasteiger partial charge on any atom is 0.115 e. The first-order valence-electron chi connectivity index (χ1n) is 7.84. The van der Waals surface area contributed by atoms with Gasteiger partial charge in [-0.3, -0.25) is 4.39 Å². The number of hydrogen-bond donors (Lipinski definition) is 1. The van der Waals surface area contributed by atoms with Crippen LogP contribution < -0.4 is 0 Å². The highest BCUT2D eigenvalue weighted by Crippen LogP contribution is 2.55. The van der Waals surface area contributed by atoms with Gasteiger partial charge in [0.25, 0.3) is 0 Å². The second-order valence-electron chi connectivity index (χ2n) is 6.99. The van der Waals surface area contributed by atoms with Crippen LogP contribution in [-0.2, 0) is 6.42 Å². The molecule has 3 rings (SSSR count). The molecule has 2 aliphatic rings. The highest BCUT2D eigenvalue weighted by atomic mass is 19.1. The Morgan fingerprint density at radius 1 is 1.43 bits per heavy atom. The van der Waals surface area contributed by atoms with Crippen molar-refractivity contribution in [3.63, 3.8) is 0 Å². The van der Waals surface area contributed by atoms with E-state index in [1.165, 1.54) is 11.1 Å². The zero-order valence-electron chi connectivity index (χ0n) is 12.5. The highest BCUT2D eigenvalue weighted by molar-refractivity contribution is 5.40. The van der Waals surface area contributed by atoms with Crippen molar-refractivity contribution in [1.82, 2.24) is 0 Å². The number of rotatable bonds is 2. The lowest BCUT2D eigenvalue weighted by Crippen LogP contribution is -2.43. The molecule has 4 atom stereocenters. The fraction of sp³-hybridized carbons (Fsp3) is 0.611. The average Bonchev–Trinajstić information content (AvgIpc) is 2.49. The molecule has 21 heavy (non-hydrogen) atoms. The van der Waals surface area contributed by atoms with Gasteiger partial charge in [-0.15, -0.1) is 0 Å². The van der Waals surface area contributed by atoms with Crippen LogP contribution in [0, 0.1) is 28.6 Å². The standard InChI is InChI=1S/C18H22FNO/c1-18(11-19)8-6-15-14-5-3-13(21)10-12(14)2-4-16(15)17(18)7-9-20/h3,5,10,15-17,21H,2,4,6-8,11H2,1H3/t15-,16-,17+,18-/m1/s1. The summed E-state index contributed by atoms with van der Waals surface area (Å²) in [6.07, 6.45) is 4.22. The van der Waals surface area contributed by atoms with Crippen molar-refractivity contribution in [2.75, 3.05) is 6.67 Å². The van der Waals surface area contributed by atoms with E-state index < -0.39 is 0 Å². The van der Waals surface area contributed by atoms with Crippen LogP contribution in [0.2, 0.25) is 0 Å². The van der Waals surface area contributed by atoms with Gasteiger partial charge in [0.2, 0.25) is 0 Å². The molecule has 0 aliphatic heterocycles. The first kappa shape index (κ1) is 14.4. The first-order chi connectivity index (χ1) is 10.1. The number of halogens is 1. The molecule has 0 amide bonds. The van der Waals surface area contributed by atoms with Crippen LogP contribution in [0.25, 0.3) is 0 Å². The van der Waals surface area contributed by atoms with Crippen LogP contribution in [0.15, 0.2) is 18.2 Å². The third kappa shape index (κ3) is 2.31. The third-order valence-corrected chi connectivity index (χ3v) is 5.84. The number of alkyl halides is 1. The molecule has 2 nitrogen and oxygen atoms in total. The van der Waals surface area contributed by atoms with E-state index in [4.69, 9.17) is 5.26 Å². The predicted octanol–water partition coefficient (Wildman–Crippen LogP) is 4.34. The van der Waals surface area contributed by atoms with E-state index in [1.54, 1.807) is 6.07 Å². The van der Waals surface area contributed by atoms with Gasteiger partial charge in [0.15, 0.2) is 0 Å². The van der Waals surface area contributed by atoms with Crippen LogP contribution in [-0.4, -0.2) is 11.8 Å². The van der Waals surface area contributed by atoms with Gasteiger partial charge in [0, 0.05) is 11.8 Å². The smallest absolute Gasteiger partial charge is 0.115 e. The molecule has 0 aromatic heterocycles. The summed E-state index contributed by atoms with van der Waals surface area (Å²) < 4.78 is 13.6. The zero-order chi connectivity index (χ0) is 15.0. The Morgan fingerprint density at radius 2 is 2.24 bits per heavy atom. The summed E-state index contributed by atoms with van der Waals surface area (Å²) in [5.41, 5.74) is 2.20. The Balaban J connectivity index is 1.96. The van der Waals surface area contributed by atoms with Gasteiger partial charge in [-0.2, -0.15) is 5.26 Å². The molecule has 1 fully saturated rings. The van der Waals surface area contributed by atoms with Gasteiger partial charge >= 0.3 is 0 Å². The monoisotopic (exact) mass is 287 g/mol. The van der Waals surface area contributed by atoms with Crippen LogP contribution in [0.1, 0.15) is 49.7 Å². The third-order valence-electron chi connectivity index (χ3n) is 5.84. The summed E-state index contributed by atoms with van der Waals surface area (Å²) in [7, 11) is 0. The number of benzene rings is 1. The highest BCUT2D eigenvalue weighted by Gasteiger charge is 2.48. The number of aryl methyl sites for hydroxylation is 1. The van der Waals surface area contributed by atoms with Gasteiger partial charge < -0.3 is 5.11 Å². The lowest BCUT2D eigenvalue weighted by atomic mass is 9.54. The number of aromatic hydroxyl groups is 1. The van der Waals surface area contributed by atoms with E-state index in [0.717, 1.165) is 25.7 Å². The predicted molar refractivity (Wildman–Crippen MR) is 79.7 cm³/mol. The minimum absolute atomic E-state index is 0.146. The van der Waals surface area contributed by atoms with Crippen molar-refractivity contribution in [3.8, 4) is 11.8 Å². The first-order valence-corrected chi connectivity index (χ1v) is 7.84. The van der Waals surface area contributed by atoms with Gasteiger partial charge in [0.1, 0.15) is 5.75 Å². The Bertz CT molecular complexity index is 579. The molecule has 0 spiro atoms. The molecule has 1 aromatic carbocycles. The zero-order valence-corrected chi connectivity index (χ0v) is 12.5. The van der Waals surface area contributed by atoms with E-state index in [0.29, 0.717) is 24.0 Å². The maximum absolute atomic E-state index is 13.6. The second kappa shape index (κ2) is 5.33. The molecule has 3 heteroatoms. The van der Waals surface area contributed by atoms with Crippen molar-refractivity contribution in [2.45, 2.75) is 44.9 Å². The van der Waals surface area contributed by atoms with Crippen molar-refractivity contribution in [1.29, 1.82) is 5.26 Å². The molecule has 0 saturated heterocycles. The van der Waals surface area contributed by atoms with Crippen LogP contribution >= 0.6 is 0 Å². The number of phenolic OH excluding ortho intramolecular Hbond substituents is 1. The Labute approximate surface area is 125 Å². The van der Waals surface area contributed by atoms with Crippen LogP contribution in [0.3, 0.4) is 0 Å². The van der Waals surface area contributed by atoms with E-state index in [1.807, 2.05) is 19.1 Å². The molecule has 0 unspecified atom stereocenters. The SMILES string of the molecule is C[C@]1(CF)CC[C@@H]2c3ccc(O)cc3CC[C@H]2[C@@H]1CC#N. The quantitative estimate of drug-likeness (QED) is 0.879. The Morgan fingerprint density at radius 3 is 2.95 bits per heavy atom. The number of nitriles is 1.